The molecule has 17 heavy (non-hydrogen) atoms. The molecule has 0 atom stereocenters. The van der Waals surface area contributed by atoms with Crippen LogP contribution in [0.15, 0.2) is 23.4 Å². The van der Waals surface area contributed by atoms with E-state index in [2.05, 4.69) is 18.2 Å². The van der Waals surface area contributed by atoms with E-state index >= 15 is 0 Å². The van der Waals surface area contributed by atoms with E-state index in [0.29, 0.717) is 19.8 Å². The van der Waals surface area contributed by atoms with Crippen molar-refractivity contribution in [3.05, 3.63) is 23.4 Å². The minimum atomic E-state index is -2.62. The van der Waals surface area contributed by atoms with Crippen LogP contribution in [0.1, 0.15) is 40.0 Å². The van der Waals surface area contributed by atoms with Gasteiger partial charge in [0, 0.05) is 25.0 Å². The number of rotatable bonds is 7. The normalized spacial score (nSPS) is 16.8. The first-order chi connectivity index (χ1) is 8.29. The zero-order chi connectivity index (χ0) is 12.6. The maximum atomic E-state index is 5.90. The molecule has 1 rings (SSSR count). The highest BCUT2D eigenvalue weighted by Gasteiger charge is 2.44. The van der Waals surface area contributed by atoms with Gasteiger partial charge in [0.1, 0.15) is 0 Å². The lowest BCUT2D eigenvalue weighted by Gasteiger charge is -2.30. The zero-order valence-corrected chi connectivity index (χ0v) is 12.2. The van der Waals surface area contributed by atoms with Gasteiger partial charge in [0.15, 0.2) is 0 Å². The Labute approximate surface area is 106 Å². The summed E-state index contributed by atoms with van der Waals surface area (Å²) in [5.74, 6) is 0. The van der Waals surface area contributed by atoms with Crippen molar-refractivity contribution >= 4 is 8.80 Å². The van der Waals surface area contributed by atoms with Gasteiger partial charge in [-0.2, -0.15) is 0 Å². The Bertz CT molecular complexity index is 257. The predicted octanol–water partition coefficient (Wildman–Crippen LogP) is 3.24. The van der Waals surface area contributed by atoms with Gasteiger partial charge < -0.3 is 13.3 Å². The van der Waals surface area contributed by atoms with Crippen LogP contribution in [0.25, 0.3) is 0 Å². The topological polar surface area (TPSA) is 27.7 Å². The van der Waals surface area contributed by atoms with E-state index in [1.54, 1.807) is 0 Å². The Balaban J connectivity index is 2.91. The van der Waals surface area contributed by atoms with Crippen molar-refractivity contribution in [3.8, 4) is 0 Å². The third-order valence-corrected chi connectivity index (χ3v) is 5.86. The molecular weight excluding hydrogens is 232 g/mol. The lowest BCUT2D eigenvalue weighted by Crippen LogP contribution is -2.48. The second kappa shape index (κ2) is 7.82. The van der Waals surface area contributed by atoms with E-state index < -0.39 is 8.80 Å². The van der Waals surface area contributed by atoms with Crippen molar-refractivity contribution in [2.24, 2.45) is 0 Å². The number of hydrogen-bond donors (Lipinski definition) is 0. The molecular formula is C13H24O3Si. The molecule has 0 amide bonds. The third kappa shape index (κ3) is 4.07. The van der Waals surface area contributed by atoms with Crippen LogP contribution in [0.3, 0.4) is 0 Å². The molecule has 0 aromatic carbocycles. The summed E-state index contributed by atoms with van der Waals surface area (Å²) in [6.07, 6.45) is 9.69. The highest BCUT2D eigenvalue weighted by Crippen LogP contribution is 2.26. The fourth-order valence-electron chi connectivity index (χ4n) is 2.00. The molecule has 0 fully saturated rings. The van der Waals surface area contributed by atoms with Gasteiger partial charge in [-0.05, 0) is 40.0 Å². The Kier molecular flexibility index (Phi) is 6.73. The minimum Gasteiger partial charge on any atom is -0.370 e. The van der Waals surface area contributed by atoms with E-state index in [0.717, 1.165) is 19.3 Å². The maximum absolute atomic E-state index is 5.90. The highest BCUT2D eigenvalue weighted by atomic mass is 28.4. The van der Waals surface area contributed by atoms with Crippen molar-refractivity contribution in [3.63, 3.8) is 0 Å². The van der Waals surface area contributed by atoms with Gasteiger partial charge in [0.2, 0.25) is 0 Å². The second-order valence-corrected chi connectivity index (χ2v) is 6.49. The molecule has 0 saturated heterocycles. The van der Waals surface area contributed by atoms with Crippen LogP contribution in [0.4, 0.5) is 0 Å². The minimum absolute atomic E-state index is 0.632. The molecule has 1 aliphatic carbocycles. The van der Waals surface area contributed by atoms with Gasteiger partial charge in [-0.15, -0.1) is 0 Å². The molecule has 98 valence electrons. The quantitative estimate of drug-likeness (QED) is 0.654. The molecule has 0 aromatic rings. The summed E-state index contributed by atoms with van der Waals surface area (Å²) >= 11 is 0. The van der Waals surface area contributed by atoms with Crippen molar-refractivity contribution in [1.29, 1.82) is 0 Å². The summed E-state index contributed by atoms with van der Waals surface area (Å²) in [5, 5.41) is 1.22. The van der Waals surface area contributed by atoms with Crippen LogP contribution in [0, 0.1) is 0 Å². The van der Waals surface area contributed by atoms with Crippen LogP contribution in [0.2, 0.25) is 0 Å². The van der Waals surface area contributed by atoms with Gasteiger partial charge in [-0.3, -0.25) is 0 Å². The molecule has 0 saturated carbocycles. The van der Waals surface area contributed by atoms with Gasteiger partial charge in [-0.25, -0.2) is 0 Å². The SMILES string of the molecule is CCO[Si](OCC)(OCC)C1=CC=CCCC1. The molecule has 3 nitrogen and oxygen atoms in total. The first kappa shape index (κ1) is 14.6. The molecule has 0 heterocycles. The van der Waals surface area contributed by atoms with Crippen LogP contribution in [-0.4, -0.2) is 28.6 Å². The van der Waals surface area contributed by atoms with Crippen LogP contribution in [-0.2, 0) is 13.3 Å². The monoisotopic (exact) mass is 256 g/mol. The average molecular weight is 256 g/mol. The summed E-state index contributed by atoms with van der Waals surface area (Å²) in [5.41, 5.74) is 0. The molecule has 0 aliphatic heterocycles. The van der Waals surface area contributed by atoms with Crippen molar-refractivity contribution in [2.75, 3.05) is 19.8 Å². The summed E-state index contributed by atoms with van der Waals surface area (Å²) in [7, 11) is -2.62. The van der Waals surface area contributed by atoms with Gasteiger partial charge in [-0.1, -0.05) is 18.2 Å². The van der Waals surface area contributed by atoms with Crippen molar-refractivity contribution < 1.29 is 13.3 Å². The van der Waals surface area contributed by atoms with Crippen LogP contribution in [0.5, 0.6) is 0 Å². The van der Waals surface area contributed by atoms with E-state index in [-0.39, 0.29) is 0 Å². The molecule has 0 aromatic heterocycles. The van der Waals surface area contributed by atoms with Gasteiger partial charge in [0.25, 0.3) is 0 Å². The fourth-order valence-corrected chi connectivity index (χ4v) is 4.73. The lowest BCUT2D eigenvalue weighted by molar-refractivity contribution is 0.0797. The zero-order valence-electron chi connectivity index (χ0n) is 11.2. The molecule has 0 N–H and O–H groups in total. The summed E-state index contributed by atoms with van der Waals surface area (Å²) in [4.78, 5) is 0. The highest BCUT2D eigenvalue weighted by molar-refractivity contribution is 6.68. The summed E-state index contributed by atoms with van der Waals surface area (Å²) < 4.78 is 17.7. The largest absolute Gasteiger partial charge is 0.532 e. The summed E-state index contributed by atoms with van der Waals surface area (Å²) in [6.45, 7) is 7.88. The Morgan fingerprint density at radius 3 is 2.18 bits per heavy atom. The lowest BCUT2D eigenvalue weighted by atomic mass is 10.2. The number of allylic oxidation sites excluding steroid dienone is 4. The average Bonchev–Trinajstić information content (AvgIpc) is 2.58. The molecule has 0 bridgehead atoms. The van der Waals surface area contributed by atoms with E-state index in [9.17, 15) is 0 Å². The second-order valence-electron chi connectivity index (χ2n) is 3.87. The van der Waals surface area contributed by atoms with E-state index in [1.807, 2.05) is 20.8 Å². The molecule has 4 heteroatoms. The maximum Gasteiger partial charge on any atom is 0.532 e. The molecule has 0 spiro atoms. The van der Waals surface area contributed by atoms with Gasteiger partial charge >= 0.3 is 8.80 Å². The first-order valence-corrected chi connectivity index (χ1v) is 8.29. The van der Waals surface area contributed by atoms with E-state index in [1.165, 1.54) is 5.20 Å². The molecule has 0 unspecified atom stereocenters. The fraction of sp³-hybridized carbons (Fsp3) is 0.692. The van der Waals surface area contributed by atoms with Crippen molar-refractivity contribution in [1.82, 2.24) is 0 Å². The third-order valence-electron chi connectivity index (χ3n) is 2.65. The van der Waals surface area contributed by atoms with Crippen molar-refractivity contribution in [2.45, 2.75) is 40.0 Å². The standard InChI is InChI=1S/C13H24O3Si/c1-4-14-17(15-5-2,16-6-3)13-11-9-7-8-10-12-13/h7,9,11H,4-6,8,10,12H2,1-3H3. The Morgan fingerprint density at radius 1 is 1.06 bits per heavy atom. The summed E-state index contributed by atoms with van der Waals surface area (Å²) in [6, 6.07) is 0. The predicted molar refractivity (Wildman–Crippen MR) is 71.7 cm³/mol. The van der Waals surface area contributed by atoms with E-state index in [4.69, 9.17) is 13.3 Å². The van der Waals surface area contributed by atoms with Crippen LogP contribution < -0.4 is 0 Å². The molecule has 1 aliphatic rings. The Morgan fingerprint density at radius 2 is 1.65 bits per heavy atom. The van der Waals surface area contributed by atoms with Gasteiger partial charge in [0.05, 0.1) is 0 Å². The number of hydrogen-bond acceptors (Lipinski definition) is 3. The smallest absolute Gasteiger partial charge is 0.370 e. The first-order valence-electron chi connectivity index (χ1n) is 6.57. The molecule has 0 radical (unpaired) electrons. The Hall–Kier alpha value is -0.423. The van der Waals surface area contributed by atoms with Crippen LogP contribution >= 0.6 is 0 Å².